The molecule has 0 saturated carbocycles. The second-order valence-corrected chi connectivity index (χ2v) is 10.5. The Bertz CT molecular complexity index is 1310. The van der Waals surface area contributed by atoms with E-state index < -0.39 is 5.97 Å². The number of nitrogens with one attached hydrogen (secondary N) is 1. The van der Waals surface area contributed by atoms with Crippen LogP contribution >= 0.6 is 34.4 Å². The molecule has 0 fully saturated rings. The molecule has 0 atom stereocenters. The highest BCUT2D eigenvalue weighted by molar-refractivity contribution is 7.99. The molecular weight excluding hydrogens is 476 g/mol. The van der Waals surface area contributed by atoms with Gasteiger partial charge in [0.05, 0.1) is 18.4 Å². The van der Waals surface area contributed by atoms with Gasteiger partial charge >= 0.3 is 5.97 Å². The number of rotatable bonds is 8. The third-order valence-electron chi connectivity index (χ3n) is 5.03. The number of aromatic nitrogens is 3. The zero-order valence-corrected chi connectivity index (χ0v) is 21.2. The molecule has 10 heteroatoms. The lowest BCUT2D eigenvalue weighted by molar-refractivity contribution is -0.113. The summed E-state index contributed by atoms with van der Waals surface area (Å²) in [4.78, 5) is 25.8. The maximum absolute atomic E-state index is 12.7. The Kier molecular flexibility index (Phi) is 7.16. The predicted molar refractivity (Wildman–Crippen MR) is 136 cm³/mol. The van der Waals surface area contributed by atoms with Gasteiger partial charge in [0.15, 0.2) is 11.0 Å². The van der Waals surface area contributed by atoms with Crippen LogP contribution in [0.3, 0.4) is 0 Å². The lowest BCUT2D eigenvalue weighted by atomic mass is 10.1. The number of aryl methyl sites for hydroxylation is 1. The van der Waals surface area contributed by atoms with Gasteiger partial charge in [-0.25, -0.2) is 4.79 Å². The van der Waals surface area contributed by atoms with Crippen LogP contribution < -0.4 is 5.32 Å². The van der Waals surface area contributed by atoms with Crippen molar-refractivity contribution in [3.8, 4) is 11.4 Å². The molecule has 33 heavy (non-hydrogen) atoms. The molecule has 4 aromatic rings. The van der Waals surface area contributed by atoms with Crippen molar-refractivity contribution >= 4 is 61.4 Å². The van der Waals surface area contributed by atoms with Crippen molar-refractivity contribution < 1.29 is 14.3 Å². The Morgan fingerprint density at radius 2 is 2.03 bits per heavy atom. The summed E-state index contributed by atoms with van der Waals surface area (Å²) >= 11 is 4.40. The molecule has 0 bridgehead atoms. The Balaban J connectivity index is 1.53. The van der Waals surface area contributed by atoms with Crippen molar-refractivity contribution in [3.05, 3.63) is 46.2 Å². The number of carbonyl (C=O) groups excluding carboxylic acids is 2. The molecule has 1 amide bonds. The van der Waals surface area contributed by atoms with Crippen LogP contribution in [0.1, 0.15) is 42.0 Å². The minimum Gasteiger partial charge on any atom is -0.465 e. The van der Waals surface area contributed by atoms with Crippen molar-refractivity contribution in [2.45, 2.75) is 38.4 Å². The van der Waals surface area contributed by atoms with Gasteiger partial charge in [0.2, 0.25) is 5.91 Å². The third kappa shape index (κ3) is 4.83. The first-order chi connectivity index (χ1) is 15.9. The molecule has 0 radical (unpaired) electrons. The quantitative estimate of drug-likeness (QED) is 0.240. The molecule has 172 valence electrons. The number of thioether (sulfide) groups is 1. The third-order valence-corrected chi connectivity index (χ3v) is 8.13. The van der Waals surface area contributed by atoms with Gasteiger partial charge in [0.25, 0.3) is 0 Å². The first kappa shape index (κ1) is 23.5. The van der Waals surface area contributed by atoms with Gasteiger partial charge in [-0.15, -0.1) is 32.9 Å². The number of hydrogen-bond acceptors (Lipinski definition) is 8. The molecule has 0 unspecified atom stereocenters. The molecule has 1 aromatic carbocycles. The number of ether oxygens (including phenoxy) is 1. The number of esters is 1. The van der Waals surface area contributed by atoms with E-state index >= 15 is 0 Å². The summed E-state index contributed by atoms with van der Waals surface area (Å²) in [5.74, 6) is 0.274. The van der Waals surface area contributed by atoms with E-state index in [0.717, 1.165) is 28.1 Å². The topological polar surface area (TPSA) is 86.1 Å². The van der Waals surface area contributed by atoms with Crippen LogP contribution in [0.4, 0.5) is 5.00 Å². The molecule has 0 spiro atoms. The Labute approximate surface area is 204 Å². The van der Waals surface area contributed by atoms with Gasteiger partial charge in [0.1, 0.15) is 5.00 Å². The number of methoxy groups -OCH3 is 1. The Morgan fingerprint density at radius 3 is 2.76 bits per heavy atom. The maximum atomic E-state index is 12.7. The van der Waals surface area contributed by atoms with E-state index in [-0.39, 0.29) is 17.7 Å². The number of benzene rings is 1. The summed E-state index contributed by atoms with van der Waals surface area (Å²) in [7, 11) is 1.33. The summed E-state index contributed by atoms with van der Waals surface area (Å²) in [6.45, 7) is 6.15. The summed E-state index contributed by atoms with van der Waals surface area (Å²) in [6.07, 6.45) is 0.775. The Morgan fingerprint density at radius 1 is 1.24 bits per heavy atom. The minimum absolute atomic E-state index is 0.120. The number of hydrogen-bond donors (Lipinski definition) is 1. The molecule has 0 aliphatic carbocycles. The van der Waals surface area contributed by atoms with Gasteiger partial charge in [-0.2, -0.15) is 0 Å². The van der Waals surface area contributed by atoms with E-state index in [0.29, 0.717) is 15.7 Å². The SMILES string of the molecule is CCc1cc(C(=O)OC)c(NC(=O)CSc2nnc(-c3csc4ccccc34)n2C(C)C)s1. The van der Waals surface area contributed by atoms with Crippen LogP contribution in [0, 0.1) is 0 Å². The van der Waals surface area contributed by atoms with Crippen molar-refractivity contribution in [1.82, 2.24) is 14.8 Å². The molecule has 4 rings (SSSR count). The summed E-state index contributed by atoms with van der Waals surface area (Å²) in [6, 6.07) is 10.1. The van der Waals surface area contributed by atoms with Crippen LogP contribution in [0.15, 0.2) is 40.9 Å². The molecule has 7 nitrogen and oxygen atoms in total. The average molecular weight is 501 g/mol. The highest BCUT2D eigenvalue weighted by Gasteiger charge is 2.22. The molecule has 0 saturated heterocycles. The summed E-state index contributed by atoms with van der Waals surface area (Å²) in [5, 5.41) is 16.1. The van der Waals surface area contributed by atoms with Crippen molar-refractivity contribution in [2.75, 3.05) is 18.2 Å². The van der Waals surface area contributed by atoms with Gasteiger partial charge in [0, 0.05) is 31.9 Å². The van der Waals surface area contributed by atoms with Crippen LogP contribution in [-0.4, -0.2) is 39.5 Å². The minimum atomic E-state index is -0.457. The summed E-state index contributed by atoms with van der Waals surface area (Å²) < 4.78 is 8.11. The zero-order chi connectivity index (χ0) is 23.5. The van der Waals surface area contributed by atoms with Gasteiger partial charge in [-0.1, -0.05) is 36.9 Å². The van der Waals surface area contributed by atoms with Gasteiger partial charge in [-0.3, -0.25) is 9.36 Å². The maximum Gasteiger partial charge on any atom is 0.340 e. The predicted octanol–water partition coefficient (Wildman–Crippen LogP) is 5.88. The Hall–Kier alpha value is -2.69. The highest BCUT2D eigenvalue weighted by Crippen LogP contribution is 2.36. The largest absolute Gasteiger partial charge is 0.465 e. The number of carbonyl (C=O) groups is 2. The van der Waals surface area contributed by atoms with Crippen LogP contribution in [-0.2, 0) is 16.0 Å². The van der Waals surface area contributed by atoms with E-state index in [2.05, 4.69) is 51.4 Å². The number of amides is 1. The van der Waals surface area contributed by atoms with Crippen molar-refractivity contribution in [2.24, 2.45) is 0 Å². The van der Waals surface area contributed by atoms with Crippen LogP contribution in [0.2, 0.25) is 0 Å². The van der Waals surface area contributed by atoms with E-state index in [1.54, 1.807) is 17.4 Å². The fourth-order valence-corrected chi connectivity index (χ4v) is 6.25. The lowest BCUT2D eigenvalue weighted by Gasteiger charge is -2.13. The van der Waals surface area contributed by atoms with E-state index in [1.165, 1.54) is 34.9 Å². The van der Waals surface area contributed by atoms with Gasteiger partial charge in [-0.05, 0) is 32.4 Å². The molecule has 1 N–H and O–H groups in total. The lowest BCUT2D eigenvalue weighted by Crippen LogP contribution is -2.16. The monoisotopic (exact) mass is 500 g/mol. The van der Waals surface area contributed by atoms with E-state index in [9.17, 15) is 9.59 Å². The number of thiophene rings is 2. The second-order valence-electron chi connectivity index (χ2n) is 7.55. The smallest absolute Gasteiger partial charge is 0.340 e. The fraction of sp³-hybridized carbons (Fsp3) is 0.304. The molecule has 0 aliphatic rings. The molecular formula is C23H24N4O3S3. The van der Waals surface area contributed by atoms with Crippen LogP contribution in [0.5, 0.6) is 0 Å². The van der Waals surface area contributed by atoms with E-state index in [1.807, 2.05) is 19.1 Å². The first-order valence-electron chi connectivity index (χ1n) is 10.5. The normalized spacial score (nSPS) is 11.3. The fourth-order valence-electron chi connectivity index (χ4n) is 3.44. The highest BCUT2D eigenvalue weighted by atomic mass is 32.2. The second kappa shape index (κ2) is 10.1. The number of nitrogens with zero attached hydrogens (tertiary/aromatic N) is 3. The number of fused-ring (bicyclic) bond motifs is 1. The first-order valence-corrected chi connectivity index (χ1v) is 13.2. The zero-order valence-electron chi connectivity index (χ0n) is 18.7. The van der Waals surface area contributed by atoms with Gasteiger partial charge < -0.3 is 10.1 Å². The molecule has 3 heterocycles. The summed E-state index contributed by atoms with van der Waals surface area (Å²) in [5.41, 5.74) is 1.43. The van der Waals surface area contributed by atoms with Crippen LogP contribution in [0.25, 0.3) is 21.5 Å². The average Bonchev–Trinajstić information content (AvgIpc) is 3.53. The standard InChI is InChI=1S/C23H24N4O3S3/c1-5-14-10-16(22(29)30-4)21(33-14)24-19(28)12-32-23-26-25-20(27(23)13(2)3)17-11-31-18-9-7-6-8-15(17)18/h6-11,13H,5,12H2,1-4H3,(H,24,28). The van der Waals surface area contributed by atoms with E-state index in [4.69, 9.17) is 4.74 Å². The van der Waals surface area contributed by atoms with Crippen molar-refractivity contribution in [1.29, 1.82) is 0 Å². The van der Waals surface area contributed by atoms with Crippen molar-refractivity contribution in [3.63, 3.8) is 0 Å². The number of anilines is 1. The molecule has 0 aliphatic heterocycles. The molecule has 3 aromatic heterocycles.